The van der Waals surface area contributed by atoms with Gasteiger partial charge in [-0.3, -0.25) is 18.6 Å². The molecule has 0 saturated heterocycles. The van der Waals surface area contributed by atoms with Crippen LogP contribution >= 0.6 is 7.82 Å². The molecule has 9 nitrogen and oxygen atoms in total. The predicted molar refractivity (Wildman–Crippen MR) is 219 cm³/mol. The molecule has 0 rings (SSSR count). The molecule has 0 saturated carbocycles. The van der Waals surface area contributed by atoms with Crippen molar-refractivity contribution in [2.24, 2.45) is 5.73 Å². The molecule has 10 heteroatoms. The quantitative estimate of drug-likeness (QED) is 0.0272. The van der Waals surface area contributed by atoms with Crippen LogP contribution in [0.3, 0.4) is 0 Å². The van der Waals surface area contributed by atoms with Crippen LogP contribution in [0.2, 0.25) is 0 Å². The maximum atomic E-state index is 12.6. The van der Waals surface area contributed by atoms with Crippen LogP contribution in [0.15, 0.2) is 60.8 Å². The van der Waals surface area contributed by atoms with Gasteiger partial charge in [-0.1, -0.05) is 139 Å². The molecule has 306 valence electrons. The first kappa shape index (κ1) is 50.7. The molecule has 0 aliphatic carbocycles. The number of carbonyl (C=O) groups is 2. The fourth-order valence-electron chi connectivity index (χ4n) is 5.27. The van der Waals surface area contributed by atoms with Gasteiger partial charge in [0.25, 0.3) is 0 Å². The highest BCUT2D eigenvalue weighted by Crippen LogP contribution is 2.43. The molecule has 0 spiro atoms. The van der Waals surface area contributed by atoms with Crippen LogP contribution < -0.4 is 5.73 Å². The largest absolute Gasteiger partial charge is 0.472 e. The van der Waals surface area contributed by atoms with Crippen molar-refractivity contribution < 1.29 is 37.6 Å². The van der Waals surface area contributed by atoms with Gasteiger partial charge in [0.05, 0.1) is 13.2 Å². The summed E-state index contributed by atoms with van der Waals surface area (Å²) in [5.41, 5.74) is 5.34. The van der Waals surface area contributed by atoms with Gasteiger partial charge in [0.2, 0.25) is 0 Å². The Hall–Kier alpha value is -2.29. The Morgan fingerprint density at radius 3 is 1.57 bits per heavy atom. The summed E-state index contributed by atoms with van der Waals surface area (Å²) in [7, 11) is -4.39. The summed E-state index contributed by atoms with van der Waals surface area (Å²) in [6.07, 6.45) is 45.3. The van der Waals surface area contributed by atoms with E-state index in [0.29, 0.717) is 6.42 Å². The van der Waals surface area contributed by atoms with E-state index in [1.807, 2.05) is 0 Å². The summed E-state index contributed by atoms with van der Waals surface area (Å²) in [6, 6.07) is 0. The first-order chi connectivity index (χ1) is 25.8. The molecule has 0 bridgehead atoms. The Bertz CT molecular complexity index is 1050. The van der Waals surface area contributed by atoms with Gasteiger partial charge in [-0.2, -0.15) is 0 Å². The van der Waals surface area contributed by atoms with Crippen LogP contribution in [0.25, 0.3) is 0 Å². The number of phosphoric acid groups is 1. The molecule has 0 aromatic rings. The Labute approximate surface area is 323 Å². The molecule has 0 aromatic carbocycles. The molecule has 0 heterocycles. The van der Waals surface area contributed by atoms with Gasteiger partial charge in [0, 0.05) is 19.4 Å². The number of hydrogen-bond acceptors (Lipinski definition) is 8. The number of unbranched alkanes of at least 4 members (excludes halogenated alkanes) is 15. The molecule has 0 fully saturated rings. The molecule has 53 heavy (non-hydrogen) atoms. The second-order valence-corrected chi connectivity index (χ2v) is 14.9. The number of phosphoric ester groups is 1. The smallest absolute Gasteiger partial charge is 0.462 e. The molecular weight excluding hydrogens is 689 g/mol. The maximum absolute atomic E-state index is 12.6. The van der Waals surface area contributed by atoms with Crippen LogP contribution in [0.4, 0.5) is 0 Å². The Balaban J connectivity index is 4.26. The van der Waals surface area contributed by atoms with Gasteiger partial charge in [-0.05, 0) is 77.0 Å². The first-order valence-corrected chi connectivity index (χ1v) is 22.3. The van der Waals surface area contributed by atoms with Crippen LogP contribution in [-0.2, 0) is 32.7 Å². The molecule has 0 aliphatic heterocycles. The fraction of sp³-hybridized carbons (Fsp3) is 0.721. The van der Waals surface area contributed by atoms with E-state index < -0.39 is 32.5 Å². The molecular formula is C43H76NO8P. The van der Waals surface area contributed by atoms with Gasteiger partial charge in [-0.25, -0.2) is 4.57 Å². The summed E-state index contributed by atoms with van der Waals surface area (Å²) in [4.78, 5) is 34.8. The van der Waals surface area contributed by atoms with Crippen molar-refractivity contribution in [1.82, 2.24) is 0 Å². The first-order valence-electron chi connectivity index (χ1n) is 20.8. The van der Waals surface area contributed by atoms with Crippen molar-refractivity contribution in [2.45, 2.75) is 174 Å². The zero-order chi connectivity index (χ0) is 38.9. The number of esters is 2. The average Bonchev–Trinajstić information content (AvgIpc) is 3.14. The minimum atomic E-state index is -4.39. The van der Waals surface area contributed by atoms with E-state index in [2.05, 4.69) is 74.6 Å². The van der Waals surface area contributed by atoms with Crippen LogP contribution in [0.1, 0.15) is 168 Å². The standard InChI is InChI=1S/C43H76NO8P/c1-3-5-7-9-11-13-15-17-19-20-22-24-26-28-30-32-34-36-43(46)52-41(40-51-53(47,48)50-38-37-44)39-49-42(45)35-33-31-29-27-25-23-21-18-16-14-12-10-8-6-4-2/h7,9,13-16,19-20,24,26,41H,3-6,8,10-12,17-18,21-23,25,27-40,44H2,1-2H3,(H,47,48)/b9-7+,15-13+,16-14+,20-19+,26-24+/t41-/m1/s1. The van der Waals surface area contributed by atoms with E-state index in [-0.39, 0.29) is 32.6 Å². The van der Waals surface area contributed by atoms with Gasteiger partial charge >= 0.3 is 19.8 Å². The van der Waals surface area contributed by atoms with E-state index in [4.69, 9.17) is 24.3 Å². The fourth-order valence-corrected chi connectivity index (χ4v) is 6.03. The highest BCUT2D eigenvalue weighted by molar-refractivity contribution is 7.47. The molecule has 0 aromatic heterocycles. The van der Waals surface area contributed by atoms with E-state index in [1.54, 1.807) is 0 Å². The molecule has 3 N–H and O–H groups in total. The lowest BCUT2D eigenvalue weighted by Gasteiger charge is -2.19. The summed E-state index contributed by atoms with van der Waals surface area (Å²) < 4.78 is 32.7. The molecule has 0 aliphatic rings. The van der Waals surface area contributed by atoms with Gasteiger partial charge in [-0.15, -0.1) is 0 Å². The highest BCUT2D eigenvalue weighted by Gasteiger charge is 2.25. The number of rotatable bonds is 38. The lowest BCUT2D eigenvalue weighted by molar-refractivity contribution is -0.161. The molecule has 0 amide bonds. The zero-order valence-electron chi connectivity index (χ0n) is 33.5. The van der Waals surface area contributed by atoms with E-state index in [1.165, 1.54) is 57.8 Å². The van der Waals surface area contributed by atoms with Gasteiger partial charge < -0.3 is 20.1 Å². The van der Waals surface area contributed by atoms with Crippen LogP contribution in [0, 0.1) is 0 Å². The van der Waals surface area contributed by atoms with Gasteiger partial charge in [0.1, 0.15) is 6.61 Å². The topological polar surface area (TPSA) is 134 Å². The van der Waals surface area contributed by atoms with Crippen molar-refractivity contribution in [3.63, 3.8) is 0 Å². The third kappa shape index (κ3) is 39.2. The summed E-state index contributed by atoms with van der Waals surface area (Å²) in [5, 5.41) is 0. The zero-order valence-corrected chi connectivity index (χ0v) is 34.4. The highest BCUT2D eigenvalue weighted by atomic mass is 31.2. The van der Waals surface area contributed by atoms with Crippen molar-refractivity contribution in [2.75, 3.05) is 26.4 Å². The van der Waals surface area contributed by atoms with E-state index >= 15 is 0 Å². The second-order valence-electron chi connectivity index (χ2n) is 13.5. The third-order valence-corrected chi connectivity index (χ3v) is 9.34. The maximum Gasteiger partial charge on any atom is 0.472 e. The van der Waals surface area contributed by atoms with Gasteiger partial charge in [0.15, 0.2) is 6.10 Å². The monoisotopic (exact) mass is 766 g/mol. The molecule has 1 unspecified atom stereocenters. The number of carbonyl (C=O) groups excluding carboxylic acids is 2. The van der Waals surface area contributed by atoms with E-state index in [9.17, 15) is 19.0 Å². The second kappa shape index (κ2) is 39.4. The SMILES string of the molecule is CCC/C=C/C/C=C/C/C=C/C/C=C/CCCCCC(=O)O[C@H](COC(=O)CCCCCCCCC/C=C/CCCCCC)COP(=O)(O)OCCN. The van der Waals surface area contributed by atoms with Crippen molar-refractivity contribution in [3.8, 4) is 0 Å². The summed E-state index contributed by atoms with van der Waals surface area (Å²) >= 11 is 0. The lowest BCUT2D eigenvalue weighted by atomic mass is 10.1. The minimum Gasteiger partial charge on any atom is -0.462 e. The van der Waals surface area contributed by atoms with Crippen molar-refractivity contribution in [3.05, 3.63) is 60.8 Å². The number of allylic oxidation sites excluding steroid dienone is 10. The molecule has 2 atom stereocenters. The average molecular weight is 766 g/mol. The lowest BCUT2D eigenvalue weighted by Crippen LogP contribution is -2.29. The summed E-state index contributed by atoms with van der Waals surface area (Å²) in [5.74, 6) is -0.874. The predicted octanol–water partition coefficient (Wildman–Crippen LogP) is 11.7. The number of nitrogens with two attached hydrogens (primary N) is 1. The van der Waals surface area contributed by atoms with Crippen LogP contribution in [0.5, 0.6) is 0 Å². The summed E-state index contributed by atoms with van der Waals surface area (Å²) in [6.45, 7) is 3.59. The Morgan fingerprint density at radius 1 is 0.566 bits per heavy atom. The minimum absolute atomic E-state index is 0.0448. The van der Waals surface area contributed by atoms with Crippen molar-refractivity contribution >= 4 is 19.8 Å². The number of hydrogen-bond donors (Lipinski definition) is 2. The van der Waals surface area contributed by atoms with Crippen molar-refractivity contribution in [1.29, 1.82) is 0 Å². The third-order valence-electron chi connectivity index (χ3n) is 8.36. The number of ether oxygens (including phenoxy) is 2. The Morgan fingerprint density at radius 2 is 1.02 bits per heavy atom. The normalized spacial score (nSPS) is 14.0. The van der Waals surface area contributed by atoms with E-state index in [0.717, 1.165) is 77.0 Å². The Kier molecular flexibility index (Phi) is 37.7. The molecule has 0 radical (unpaired) electrons. The van der Waals surface area contributed by atoms with Crippen LogP contribution in [-0.4, -0.2) is 49.3 Å².